The number of carbonyl (C=O) groups excluding carboxylic acids is 1. The van der Waals surface area contributed by atoms with Crippen molar-refractivity contribution in [3.05, 3.63) is 41.6 Å². The van der Waals surface area contributed by atoms with Crippen LogP contribution in [0, 0.1) is 0 Å². The smallest absolute Gasteiger partial charge is 0.232 e. The molecule has 0 saturated heterocycles. The number of hydrogen-bond acceptors (Lipinski definition) is 6. The third-order valence-corrected chi connectivity index (χ3v) is 4.34. The van der Waals surface area contributed by atoms with Gasteiger partial charge in [0.25, 0.3) is 0 Å². The maximum atomic E-state index is 11.9. The second-order valence-electron chi connectivity index (χ2n) is 5.19. The van der Waals surface area contributed by atoms with Gasteiger partial charge in [-0.05, 0) is 37.1 Å². The van der Waals surface area contributed by atoms with Crippen molar-refractivity contribution < 1.29 is 9.53 Å². The maximum Gasteiger partial charge on any atom is 0.232 e. The van der Waals surface area contributed by atoms with E-state index in [-0.39, 0.29) is 11.7 Å². The summed E-state index contributed by atoms with van der Waals surface area (Å²) in [6.07, 6.45) is 4.26. The summed E-state index contributed by atoms with van der Waals surface area (Å²) in [4.78, 5) is 16.1. The van der Waals surface area contributed by atoms with Crippen molar-refractivity contribution in [3.8, 4) is 5.75 Å². The molecule has 23 heavy (non-hydrogen) atoms. The molecule has 0 aliphatic carbocycles. The summed E-state index contributed by atoms with van der Waals surface area (Å²) in [5.41, 5.74) is 8.14. The molecule has 2 rings (SSSR count). The van der Waals surface area contributed by atoms with Gasteiger partial charge in [-0.2, -0.15) is 0 Å². The number of nitrogens with zero attached hydrogens (tertiary/aromatic N) is 1. The molecule has 1 unspecified atom stereocenters. The van der Waals surface area contributed by atoms with E-state index in [0.29, 0.717) is 6.54 Å². The zero-order valence-corrected chi connectivity index (χ0v) is 14.2. The molecule has 1 aromatic rings. The van der Waals surface area contributed by atoms with Gasteiger partial charge in [0.15, 0.2) is 0 Å². The lowest BCUT2D eigenvalue weighted by atomic mass is 10.1. The Morgan fingerprint density at radius 3 is 2.83 bits per heavy atom. The predicted molar refractivity (Wildman–Crippen MR) is 94.5 cm³/mol. The van der Waals surface area contributed by atoms with Crippen LogP contribution < -0.4 is 21.1 Å². The van der Waals surface area contributed by atoms with Crippen molar-refractivity contribution in [1.82, 2.24) is 10.6 Å². The molecule has 0 bridgehead atoms. The summed E-state index contributed by atoms with van der Waals surface area (Å²) in [6.45, 7) is 2.49. The summed E-state index contributed by atoms with van der Waals surface area (Å²) in [5, 5.41) is 4.97. The van der Waals surface area contributed by atoms with Crippen molar-refractivity contribution >= 4 is 23.9 Å². The Hall–Kier alpha value is -1.99. The van der Waals surface area contributed by atoms with Gasteiger partial charge in [-0.1, -0.05) is 23.9 Å². The van der Waals surface area contributed by atoms with E-state index in [4.69, 9.17) is 10.5 Å². The molecule has 0 saturated carbocycles. The van der Waals surface area contributed by atoms with Crippen molar-refractivity contribution in [2.24, 2.45) is 10.7 Å². The Bertz CT molecular complexity index is 601. The summed E-state index contributed by atoms with van der Waals surface area (Å²) in [6, 6.07) is 7.80. The zero-order valence-electron chi connectivity index (χ0n) is 13.3. The van der Waals surface area contributed by atoms with Gasteiger partial charge in [0.1, 0.15) is 5.75 Å². The molecule has 1 heterocycles. The number of thioether (sulfide) groups is 1. The lowest BCUT2D eigenvalue weighted by Gasteiger charge is -2.28. The van der Waals surface area contributed by atoms with Gasteiger partial charge in [-0.25, -0.2) is 4.99 Å². The van der Waals surface area contributed by atoms with E-state index in [1.807, 2.05) is 37.3 Å². The molecule has 124 valence electrons. The van der Waals surface area contributed by atoms with Gasteiger partial charge in [0.2, 0.25) is 11.0 Å². The maximum absolute atomic E-state index is 11.9. The first-order chi connectivity index (χ1) is 11.0. The minimum Gasteiger partial charge on any atom is -0.497 e. The first kappa shape index (κ1) is 17.4. The number of aliphatic imine (C=N–C) groups is 1. The molecule has 1 aliphatic rings. The fourth-order valence-corrected chi connectivity index (χ4v) is 2.88. The number of allylic oxidation sites excluding steroid dienone is 2. The number of ether oxygens (including phenoxy) is 1. The molecule has 6 nitrogen and oxygen atoms in total. The van der Waals surface area contributed by atoms with Gasteiger partial charge >= 0.3 is 0 Å². The number of nitrogens with two attached hydrogens (primary N) is 1. The van der Waals surface area contributed by atoms with Crippen LogP contribution in [-0.2, 0) is 11.2 Å². The summed E-state index contributed by atoms with van der Waals surface area (Å²) in [7, 11) is 1.64. The van der Waals surface area contributed by atoms with E-state index >= 15 is 0 Å². The average Bonchev–Trinajstić information content (AvgIpc) is 2.53. The number of amides is 1. The second-order valence-corrected chi connectivity index (χ2v) is 6.39. The van der Waals surface area contributed by atoms with Crippen molar-refractivity contribution in [1.29, 1.82) is 0 Å². The molecule has 0 aromatic heterocycles. The normalized spacial score (nSPS) is 19.7. The molecule has 1 aliphatic heterocycles. The van der Waals surface area contributed by atoms with Crippen molar-refractivity contribution in [2.75, 3.05) is 19.4 Å². The minimum absolute atomic E-state index is 0.0578. The monoisotopic (exact) mass is 334 g/mol. The SMILES string of the molecule is COc1ccc(CCNC(=O)CSC2(N)N=CC=C(C)N2)cc1. The Morgan fingerprint density at radius 2 is 2.17 bits per heavy atom. The van der Waals surface area contributed by atoms with Crippen LogP contribution in [0.2, 0.25) is 0 Å². The number of hydrogen-bond donors (Lipinski definition) is 3. The number of carbonyl (C=O) groups is 1. The lowest BCUT2D eigenvalue weighted by molar-refractivity contribution is -0.118. The lowest BCUT2D eigenvalue weighted by Crippen LogP contribution is -2.50. The zero-order chi connectivity index (χ0) is 16.7. The van der Waals surface area contributed by atoms with Crippen LogP contribution in [0.3, 0.4) is 0 Å². The molecule has 0 radical (unpaired) electrons. The van der Waals surface area contributed by atoms with Crippen LogP contribution in [0.15, 0.2) is 41.0 Å². The Morgan fingerprint density at radius 1 is 1.43 bits per heavy atom. The van der Waals surface area contributed by atoms with Crippen LogP contribution >= 0.6 is 11.8 Å². The predicted octanol–water partition coefficient (Wildman–Crippen LogP) is 1.23. The first-order valence-corrected chi connectivity index (χ1v) is 8.32. The molecule has 1 amide bonds. The summed E-state index contributed by atoms with van der Waals surface area (Å²) < 4.78 is 5.11. The third kappa shape index (κ3) is 5.61. The number of methoxy groups -OCH3 is 1. The topological polar surface area (TPSA) is 88.7 Å². The van der Waals surface area contributed by atoms with Gasteiger partial charge in [-0.15, -0.1) is 0 Å². The van der Waals surface area contributed by atoms with E-state index in [0.717, 1.165) is 23.4 Å². The Kier molecular flexibility index (Phi) is 6.06. The van der Waals surface area contributed by atoms with E-state index in [1.54, 1.807) is 13.3 Å². The van der Waals surface area contributed by atoms with Crippen LogP contribution in [0.25, 0.3) is 0 Å². The fraction of sp³-hybridized carbons (Fsp3) is 0.375. The third-order valence-electron chi connectivity index (χ3n) is 3.29. The molecular weight excluding hydrogens is 312 g/mol. The highest BCUT2D eigenvalue weighted by atomic mass is 32.2. The highest BCUT2D eigenvalue weighted by Crippen LogP contribution is 2.21. The second kappa shape index (κ2) is 8.03. The van der Waals surface area contributed by atoms with Gasteiger partial charge < -0.3 is 15.4 Å². The van der Waals surface area contributed by atoms with Crippen LogP contribution in [-0.4, -0.2) is 36.6 Å². The van der Waals surface area contributed by atoms with Crippen LogP contribution in [0.5, 0.6) is 5.75 Å². The number of rotatable bonds is 7. The standard InChI is InChI=1S/C16H22N4O2S/c1-12-7-10-19-16(17,20-12)23-11-15(21)18-9-8-13-3-5-14(22-2)6-4-13/h3-7,10,20H,8-9,11,17H2,1-2H3,(H,18,21). The Labute approximate surface area is 140 Å². The van der Waals surface area contributed by atoms with Crippen molar-refractivity contribution in [2.45, 2.75) is 18.5 Å². The summed E-state index contributed by atoms with van der Waals surface area (Å²) >= 11 is 1.26. The minimum atomic E-state index is -0.966. The van der Waals surface area contributed by atoms with Crippen LogP contribution in [0.1, 0.15) is 12.5 Å². The molecule has 7 heteroatoms. The molecular formula is C16H22N4O2S. The van der Waals surface area contributed by atoms with Gasteiger partial charge in [-0.3, -0.25) is 10.5 Å². The van der Waals surface area contributed by atoms with Crippen molar-refractivity contribution in [3.63, 3.8) is 0 Å². The highest BCUT2D eigenvalue weighted by Gasteiger charge is 2.26. The van der Waals surface area contributed by atoms with E-state index in [1.165, 1.54) is 11.8 Å². The number of nitrogens with one attached hydrogen (secondary N) is 2. The number of benzene rings is 1. The van der Waals surface area contributed by atoms with Gasteiger partial charge in [0.05, 0.1) is 12.9 Å². The quantitative estimate of drug-likeness (QED) is 0.653. The molecule has 1 aromatic carbocycles. The van der Waals surface area contributed by atoms with E-state index < -0.39 is 5.12 Å². The van der Waals surface area contributed by atoms with Crippen LogP contribution in [0.4, 0.5) is 0 Å². The van der Waals surface area contributed by atoms with E-state index in [9.17, 15) is 4.79 Å². The van der Waals surface area contributed by atoms with E-state index in [2.05, 4.69) is 15.6 Å². The molecule has 0 fully saturated rings. The highest BCUT2D eigenvalue weighted by molar-refractivity contribution is 8.01. The molecule has 0 spiro atoms. The average molecular weight is 334 g/mol. The summed E-state index contributed by atoms with van der Waals surface area (Å²) in [5.74, 6) is 1.02. The first-order valence-electron chi connectivity index (χ1n) is 7.33. The van der Waals surface area contributed by atoms with Gasteiger partial charge in [0, 0.05) is 18.5 Å². The Balaban J connectivity index is 1.69. The molecule has 4 N–H and O–H groups in total. The molecule has 1 atom stereocenters. The largest absolute Gasteiger partial charge is 0.497 e. The fourth-order valence-electron chi connectivity index (χ4n) is 2.05.